The van der Waals surface area contributed by atoms with Gasteiger partial charge in [0.1, 0.15) is 0 Å². The van der Waals surface area contributed by atoms with Gasteiger partial charge in [0.05, 0.1) is 15.5 Å². The second-order valence-electron chi connectivity index (χ2n) is 5.45. The van der Waals surface area contributed by atoms with Gasteiger partial charge in [-0.15, -0.1) is 0 Å². The Morgan fingerprint density at radius 3 is 2.36 bits per heavy atom. The second kappa shape index (κ2) is 6.47. The molecule has 8 heteroatoms. The van der Waals surface area contributed by atoms with E-state index in [-0.39, 0.29) is 16.0 Å². The molecule has 1 heterocycles. The van der Waals surface area contributed by atoms with Crippen molar-refractivity contribution in [3.63, 3.8) is 0 Å². The summed E-state index contributed by atoms with van der Waals surface area (Å²) in [6.07, 6.45) is 1.76. The van der Waals surface area contributed by atoms with E-state index < -0.39 is 10.0 Å². The summed E-state index contributed by atoms with van der Waals surface area (Å²) in [5, 5.41) is 13.2. The summed E-state index contributed by atoms with van der Waals surface area (Å²) in [6.45, 7) is 1.95. The molecule has 0 aromatic heterocycles. The second-order valence-corrected chi connectivity index (χ2v) is 8.04. The molecule has 128 valence electrons. The van der Waals surface area contributed by atoms with Gasteiger partial charge in [0.25, 0.3) is 5.91 Å². The van der Waals surface area contributed by atoms with Crippen LogP contribution < -0.4 is 10.0 Å². The number of hydrogen-bond acceptors (Lipinski definition) is 5. The number of amides is 1. The topological polar surface area (TPSA) is 104 Å². The molecule has 1 amide bonds. The van der Waals surface area contributed by atoms with Crippen LogP contribution in [0.15, 0.2) is 58.3 Å². The van der Waals surface area contributed by atoms with Gasteiger partial charge in [-0.05, 0) is 60.2 Å². The van der Waals surface area contributed by atoms with Gasteiger partial charge in [0.15, 0.2) is 5.17 Å². The van der Waals surface area contributed by atoms with Gasteiger partial charge in [-0.25, -0.2) is 13.6 Å². The van der Waals surface area contributed by atoms with Crippen LogP contribution in [0.25, 0.3) is 6.08 Å². The first kappa shape index (κ1) is 17.4. The van der Waals surface area contributed by atoms with E-state index in [9.17, 15) is 13.2 Å². The third-order valence-corrected chi connectivity index (χ3v) is 5.54. The van der Waals surface area contributed by atoms with Crippen molar-refractivity contribution in [2.24, 2.45) is 5.14 Å². The van der Waals surface area contributed by atoms with Crippen molar-refractivity contribution >= 4 is 44.6 Å². The van der Waals surface area contributed by atoms with Gasteiger partial charge in [-0.1, -0.05) is 24.3 Å². The Morgan fingerprint density at radius 1 is 1.12 bits per heavy atom. The van der Waals surface area contributed by atoms with E-state index in [1.807, 2.05) is 31.2 Å². The molecule has 1 fully saturated rings. The van der Waals surface area contributed by atoms with Crippen molar-refractivity contribution in [2.45, 2.75) is 11.8 Å². The molecule has 1 aliphatic heterocycles. The van der Waals surface area contributed by atoms with Crippen LogP contribution in [0.1, 0.15) is 11.1 Å². The van der Waals surface area contributed by atoms with Gasteiger partial charge in [-0.3, -0.25) is 15.1 Å². The molecule has 0 bridgehead atoms. The molecule has 25 heavy (non-hydrogen) atoms. The van der Waals surface area contributed by atoms with Crippen LogP contribution in [0.2, 0.25) is 0 Å². The summed E-state index contributed by atoms with van der Waals surface area (Å²) in [6, 6.07) is 13.2. The van der Waals surface area contributed by atoms with Crippen molar-refractivity contribution in [3.8, 4) is 0 Å². The van der Waals surface area contributed by atoms with Crippen LogP contribution in [-0.2, 0) is 14.8 Å². The Balaban J connectivity index is 1.93. The van der Waals surface area contributed by atoms with Crippen LogP contribution >= 0.6 is 11.8 Å². The molecule has 2 aromatic carbocycles. The lowest BCUT2D eigenvalue weighted by Gasteiger charge is -2.14. The summed E-state index contributed by atoms with van der Waals surface area (Å²) in [5.41, 5.74) is 2.37. The third-order valence-electron chi connectivity index (χ3n) is 3.72. The molecule has 0 radical (unpaired) electrons. The molecule has 0 spiro atoms. The number of nitrogens with one attached hydrogen (secondary N) is 1. The van der Waals surface area contributed by atoms with E-state index in [4.69, 9.17) is 10.5 Å². The highest BCUT2D eigenvalue weighted by Crippen LogP contribution is 2.35. The quantitative estimate of drug-likeness (QED) is 0.807. The number of thioether (sulfide) groups is 1. The van der Waals surface area contributed by atoms with E-state index >= 15 is 0 Å². The number of sulfonamides is 1. The Kier molecular flexibility index (Phi) is 4.51. The maximum Gasteiger partial charge on any atom is 0.271 e. The molecule has 0 aliphatic carbocycles. The van der Waals surface area contributed by atoms with Gasteiger partial charge in [0, 0.05) is 0 Å². The maximum atomic E-state index is 12.7. The Morgan fingerprint density at radius 2 is 1.76 bits per heavy atom. The summed E-state index contributed by atoms with van der Waals surface area (Å²) in [5.74, 6) is -0.318. The van der Waals surface area contributed by atoms with Crippen LogP contribution in [0.4, 0.5) is 5.69 Å². The molecule has 0 saturated carbocycles. The fourth-order valence-corrected chi connectivity index (χ4v) is 3.76. The SMILES string of the molecule is Cc1ccccc1/C=C1\SC(=N)N(c2ccc(S(N)(=O)=O)cc2)C1=O. The van der Waals surface area contributed by atoms with Gasteiger partial charge in [0.2, 0.25) is 10.0 Å². The smallest absolute Gasteiger partial charge is 0.271 e. The number of aryl methyl sites for hydroxylation is 1. The van der Waals surface area contributed by atoms with Gasteiger partial charge >= 0.3 is 0 Å². The predicted octanol–water partition coefficient (Wildman–Crippen LogP) is 2.70. The lowest BCUT2D eigenvalue weighted by atomic mass is 10.1. The van der Waals surface area contributed by atoms with E-state index in [2.05, 4.69) is 0 Å². The molecule has 1 saturated heterocycles. The highest BCUT2D eigenvalue weighted by molar-refractivity contribution is 8.19. The van der Waals surface area contributed by atoms with Crippen molar-refractivity contribution in [1.29, 1.82) is 5.41 Å². The number of benzene rings is 2. The van der Waals surface area contributed by atoms with E-state index in [1.54, 1.807) is 6.08 Å². The van der Waals surface area contributed by atoms with Crippen molar-refractivity contribution < 1.29 is 13.2 Å². The lowest BCUT2D eigenvalue weighted by Crippen LogP contribution is -2.28. The van der Waals surface area contributed by atoms with Crippen molar-refractivity contribution in [2.75, 3.05) is 4.90 Å². The average molecular weight is 373 g/mol. The number of rotatable bonds is 3. The molecule has 3 N–H and O–H groups in total. The van der Waals surface area contributed by atoms with Gasteiger partial charge < -0.3 is 0 Å². The lowest BCUT2D eigenvalue weighted by molar-refractivity contribution is -0.113. The van der Waals surface area contributed by atoms with Crippen LogP contribution in [0.5, 0.6) is 0 Å². The predicted molar refractivity (Wildman–Crippen MR) is 99.8 cm³/mol. The normalized spacial score (nSPS) is 16.7. The van der Waals surface area contributed by atoms with Crippen LogP contribution in [0.3, 0.4) is 0 Å². The number of primary sulfonamides is 1. The molecular weight excluding hydrogens is 358 g/mol. The number of carbonyl (C=O) groups excluding carboxylic acids is 1. The summed E-state index contributed by atoms with van der Waals surface area (Å²) >= 11 is 1.07. The first-order valence-corrected chi connectivity index (χ1v) is 9.65. The minimum Gasteiger partial charge on any atom is -0.278 e. The summed E-state index contributed by atoms with van der Waals surface area (Å²) in [7, 11) is -3.80. The van der Waals surface area contributed by atoms with Crippen molar-refractivity contribution in [3.05, 3.63) is 64.6 Å². The molecule has 3 rings (SSSR count). The number of nitrogens with zero attached hydrogens (tertiary/aromatic N) is 1. The maximum absolute atomic E-state index is 12.7. The Hall–Kier alpha value is -2.42. The molecule has 0 unspecified atom stereocenters. The highest BCUT2D eigenvalue weighted by atomic mass is 32.2. The van der Waals surface area contributed by atoms with E-state index in [0.717, 1.165) is 22.9 Å². The first-order valence-electron chi connectivity index (χ1n) is 7.28. The zero-order valence-corrected chi connectivity index (χ0v) is 14.9. The number of nitrogens with two attached hydrogens (primary N) is 1. The first-order chi connectivity index (χ1) is 11.8. The average Bonchev–Trinajstić information content (AvgIpc) is 2.83. The standard InChI is InChI=1S/C17H15N3O3S2/c1-11-4-2-3-5-12(11)10-15-16(21)20(17(18)24-15)13-6-8-14(9-7-13)25(19,22)23/h2-10,18H,1H3,(H2,19,22,23)/b15-10-,18-17?. The fraction of sp³-hybridized carbons (Fsp3) is 0.0588. The Labute approximate surface area is 149 Å². The van der Waals surface area contributed by atoms with Gasteiger partial charge in [-0.2, -0.15) is 0 Å². The number of hydrogen-bond donors (Lipinski definition) is 2. The molecule has 1 aliphatic rings. The monoisotopic (exact) mass is 373 g/mol. The number of amidine groups is 1. The molecule has 6 nitrogen and oxygen atoms in total. The fourth-order valence-electron chi connectivity index (χ4n) is 2.40. The summed E-state index contributed by atoms with van der Waals surface area (Å²) < 4.78 is 22.6. The molecule has 0 atom stereocenters. The number of anilines is 1. The van der Waals surface area contributed by atoms with E-state index in [1.165, 1.54) is 29.2 Å². The summed E-state index contributed by atoms with van der Waals surface area (Å²) in [4.78, 5) is 14.3. The third kappa shape index (κ3) is 3.51. The minimum absolute atomic E-state index is 0.0437. The minimum atomic E-state index is -3.80. The van der Waals surface area contributed by atoms with Crippen molar-refractivity contribution in [1.82, 2.24) is 0 Å². The van der Waals surface area contributed by atoms with E-state index in [0.29, 0.717) is 10.6 Å². The highest BCUT2D eigenvalue weighted by Gasteiger charge is 2.33. The van der Waals surface area contributed by atoms with Crippen LogP contribution in [-0.4, -0.2) is 19.5 Å². The molecule has 2 aromatic rings. The zero-order chi connectivity index (χ0) is 18.2. The zero-order valence-electron chi connectivity index (χ0n) is 13.3. The molecular formula is C17H15N3O3S2. The Bertz CT molecular complexity index is 996. The largest absolute Gasteiger partial charge is 0.278 e. The van der Waals surface area contributed by atoms with Crippen LogP contribution in [0, 0.1) is 12.3 Å². The number of carbonyl (C=O) groups is 1.